The summed E-state index contributed by atoms with van der Waals surface area (Å²) in [6.45, 7) is 10.5. The zero-order chi connectivity index (χ0) is 38.2. The molecule has 56 heavy (non-hydrogen) atoms. The van der Waals surface area contributed by atoms with Crippen LogP contribution in [-0.2, 0) is 5.41 Å². The van der Waals surface area contributed by atoms with Gasteiger partial charge in [0.15, 0.2) is 5.84 Å². The highest BCUT2D eigenvalue weighted by molar-refractivity contribution is 6.13. The Bertz CT molecular complexity index is 2800. The number of aliphatic imine (C=N–C) groups is 2. The van der Waals surface area contributed by atoms with Crippen molar-refractivity contribution in [2.24, 2.45) is 9.98 Å². The lowest BCUT2D eigenvalue weighted by Crippen LogP contribution is -2.25. The lowest BCUT2D eigenvalue weighted by Gasteiger charge is -2.30. The van der Waals surface area contributed by atoms with E-state index in [-0.39, 0.29) is 5.41 Å². The third-order valence-corrected chi connectivity index (χ3v) is 11.2. The summed E-state index contributed by atoms with van der Waals surface area (Å²) in [5.74, 6) is 0.637. The Kier molecular flexibility index (Phi) is 8.96. The van der Waals surface area contributed by atoms with Crippen molar-refractivity contribution in [2.45, 2.75) is 26.2 Å². The summed E-state index contributed by atoms with van der Waals surface area (Å²) in [7, 11) is 0. The van der Waals surface area contributed by atoms with Crippen LogP contribution in [0.25, 0.3) is 49.9 Å². The van der Waals surface area contributed by atoms with Gasteiger partial charge in [0.05, 0.1) is 11.1 Å². The van der Waals surface area contributed by atoms with Gasteiger partial charge in [-0.3, -0.25) is 0 Å². The van der Waals surface area contributed by atoms with Gasteiger partial charge in [-0.25, -0.2) is 9.98 Å². The quantitative estimate of drug-likeness (QED) is 0.125. The predicted octanol–water partition coefficient (Wildman–Crippen LogP) is 13.8. The second kappa shape index (κ2) is 14.4. The maximum absolute atomic E-state index is 5.05. The molecule has 8 aromatic carbocycles. The molecule has 268 valence electrons. The maximum atomic E-state index is 5.05. The highest BCUT2D eigenvalue weighted by atomic mass is 14.9. The normalized spacial score (nSPS) is 13.3. The van der Waals surface area contributed by atoms with E-state index in [0.717, 1.165) is 27.8 Å². The zero-order valence-electron chi connectivity index (χ0n) is 32.0. The fraction of sp³-hybridized carbons (Fsp3) is 0.0741. The average Bonchev–Trinajstić information content (AvgIpc) is 3.75. The second-order valence-corrected chi connectivity index (χ2v) is 14.2. The Hall–Kier alpha value is -6.90. The molecule has 2 aliphatic carbocycles. The average molecular weight is 719 g/mol. The van der Waals surface area contributed by atoms with Crippen molar-refractivity contribution in [1.29, 1.82) is 0 Å². The fourth-order valence-corrected chi connectivity index (χ4v) is 8.81. The van der Waals surface area contributed by atoms with Gasteiger partial charge in [-0.15, -0.1) is 0 Å². The van der Waals surface area contributed by atoms with Crippen LogP contribution in [0.1, 0.15) is 59.7 Å². The van der Waals surface area contributed by atoms with Crippen LogP contribution in [0, 0.1) is 0 Å². The van der Waals surface area contributed by atoms with Crippen LogP contribution in [0.4, 0.5) is 0 Å². The van der Waals surface area contributed by atoms with E-state index in [2.05, 4.69) is 146 Å². The summed E-state index contributed by atoms with van der Waals surface area (Å²) in [4.78, 5) is 10.1. The molecule has 8 aromatic rings. The van der Waals surface area contributed by atoms with Crippen molar-refractivity contribution in [3.8, 4) is 33.4 Å². The lowest BCUT2D eigenvalue weighted by molar-refractivity contribution is 0.794. The van der Waals surface area contributed by atoms with E-state index in [1.54, 1.807) is 0 Å². The highest BCUT2D eigenvalue weighted by Crippen LogP contribution is 2.63. The molecular weight excluding hydrogens is 677 g/mol. The van der Waals surface area contributed by atoms with Gasteiger partial charge < -0.3 is 0 Å². The Labute approximate surface area is 329 Å². The van der Waals surface area contributed by atoms with E-state index in [0.29, 0.717) is 11.5 Å². The van der Waals surface area contributed by atoms with Crippen LogP contribution >= 0.6 is 0 Å². The third kappa shape index (κ3) is 5.57. The molecule has 0 radical (unpaired) electrons. The summed E-state index contributed by atoms with van der Waals surface area (Å²) in [6.07, 6.45) is 0. The van der Waals surface area contributed by atoms with Crippen LogP contribution in [-0.4, -0.2) is 11.5 Å². The highest BCUT2D eigenvalue weighted by Gasteiger charge is 2.51. The number of nitrogens with zero attached hydrogens (tertiary/aromatic N) is 2. The molecule has 1 spiro atoms. The minimum absolute atomic E-state index is 0.368. The number of benzene rings is 8. The monoisotopic (exact) mass is 718 g/mol. The van der Waals surface area contributed by atoms with E-state index in [9.17, 15) is 0 Å². The molecule has 0 bridgehead atoms. The van der Waals surface area contributed by atoms with Gasteiger partial charge in [0.1, 0.15) is 0 Å². The Morgan fingerprint density at radius 1 is 0.429 bits per heavy atom. The first kappa shape index (κ1) is 34.8. The van der Waals surface area contributed by atoms with E-state index in [4.69, 9.17) is 9.98 Å². The first-order chi connectivity index (χ1) is 27.6. The summed E-state index contributed by atoms with van der Waals surface area (Å²) < 4.78 is 0. The van der Waals surface area contributed by atoms with Crippen LogP contribution in [0.5, 0.6) is 0 Å². The first-order valence-electron chi connectivity index (χ1n) is 19.5. The summed E-state index contributed by atoms with van der Waals surface area (Å²) in [6, 6.07) is 67.5. The van der Waals surface area contributed by atoms with E-state index >= 15 is 0 Å². The number of hydrogen-bond donors (Lipinski definition) is 0. The molecule has 2 aliphatic rings. The third-order valence-electron chi connectivity index (χ3n) is 11.2. The Morgan fingerprint density at radius 2 is 0.946 bits per heavy atom. The molecule has 0 unspecified atom stereocenters. The topological polar surface area (TPSA) is 24.7 Å². The van der Waals surface area contributed by atoms with Gasteiger partial charge in [-0.1, -0.05) is 196 Å². The maximum Gasteiger partial charge on any atom is 0.160 e. The molecule has 0 heterocycles. The van der Waals surface area contributed by atoms with Crippen LogP contribution in [0.3, 0.4) is 0 Å². The number of hydrogen-bond acceptors (Lipinski definition) is 1. The van der Waals surface area contributed by atoms with Crippen LogP contribution in [0.2, 0.25) is 0 Å². The van der Waals surface area contributed by atoms with Gasteiger partial charge in [0.2, 0.25) is 0 Å². The van der Waals surface area contributed by atoms with E-state index < -0.39 is 0 Å². The van der Waals surface area contributed by atoms with Crippen molar-refractivity contribution in [3.63, 3.8) is 0 Å². The van der Waals surface area contributed by atoms with Gasteiger partial charge in [-0.2, -0.15) is 0 Å². The predicted molar refractivity (Wildman–Crippen MR) is 238 cm³/mol. The minimum atomic E-state index is -0.368. The molecule has 2 heteroatoms. The van der Waals surface area contributed by atoms with E-state index in [1.165, 1.54) is 61.0 Å². The lowest BCUT2D eigenvalue weighted by atomic mass is 9.70. The summed E-state index contributed by atoms with van der Waals surface area (Å²) in [5.41, 5.74) is 17.2. The Balaban J connectivity index is 0.00000202. The number of fused-ring (bicyclic) bond motifs is 11. The molecular formula is C54H42N2. The number of rotatable bonds is 5. The minimum Gasteiger partial charge on any atom is -0.233 e. The first-order valence-corrected chi connectivity index (χ1v) is 19.5. The van der Waals surface area contributed by atoms with Crippen LogP contribution < -0.4 is 0 Å². The zero-order valence-corrected chi connectivity index (χ0v) is 32.0. The standard InChI is InChI=1S/C52H36N2.C2H6/c1-34(36-16-5-3-6-17-36)53-51(38-18-7-4-8-19-38)54-35(2)39-30-28-37-29-31-40(33-41(37)32-39)42-23-15-27-49-50(42)45-22-11-14-26-48(45)52(49)46-24-12-9-20-43(46)44-21-10-13-25-47(44)52;1-2/h3-33H,2H2,1H3;1-2H3. The smallest absolute Gasteiger partial charge is 0.160 e. The Morgan fingerprint density at radius 3 is 1.61 bits per heavy atom. The molecule has 0 aliphatic heterocycles. The molecule has 0 amide bonds. The molecule has 0 atom stereocenters. The van der Waals surface area contributed by atoms with Crippen LogP contribution in [0.15, 0.2) is 205 Å². The molecule has 0 aromatic heterocycles. The summed E-state index contributed by atoms with van der Waals surface area (Å²) in [5, 5.41) is 2.31. The molecule has 0 saturated carbocycles. The van der Waals surface area contributed by atoms with Gasteiger partial charge in [-0.05, 0) is 91.0 Å². The molecule has 2 nitrogen and oxygen atoms in total. The fourth-order valence-electron chi connectivity index (χ4n) is 8.81. The van der Waals surface area contributed by atoms with Crippen molar-refractivity contribution < 1.29 is 0 Å². The summed E-state index contributed by atoms with van der Waals surface area (Å²) >= 11 is 0. The molecule has 0 saturated heterocycles. The second-order valence-electron chi connectivity index (χ2n) is 14.2. The van der Waals surface area contributed by atoms with Crippen molar-refractivity contribution in [2.75, 3.05) is 0 Å². The number of amidine groups is 1. The van der Waals surface area contributed by atoms with Crippen molar-refractivity contribution in [3.05, 3.63) is 234 Å². The van der Waals surface area contributed by atoms with Gasteiger partial charge >= 0.3 is 0 Å². The molecule has 0 N–H and O–H groups in total. The van der Waals surface area contributed by atoms with Gasteiger partial charge in [0, 0.05) is 16.8 Å². The SMILES string of the molecule is C=C(N=C(N=C(C)c1ccccc1)c1ccccc1)c1ccc2ccc(-c3cccc4c3-c3ccccc3C43c4ccccc4-c4ccccc43)cc2c1.CC. The molecule has 10 rings (SSSR count). The van der Waals surface area contributed by atoms with Gasteiger partial charge in [0.25, 0.3) is 0 Å². The largest absolute Gasteiger partial charge is 0.233 e. The molecule has 0 fully saturated rings. The van der Waals surface area contributed by atoms with Crippen molar-refractivity contribution >= 4 is 28.0 Å². The van der Waals surface area contributed by atoms with E-state index in [1.807, 2.05) is 69.3 Å². The van der Waals surface area contributed by atoms with Crippen molar-refractivity contribution in [1.82, 2.24) is 0 Å².